The Balaban J connectivity index is 1.90. The highest BCUT2D eigenvalue weighted by Crippen LogP contribution is 2.16. The molecule has 0 atom stereocenters. The molecule has 0 fully saturated rings. The summed E-state index contributed by atoms with van der Waals surface area (Å²) in [6, 6.07) is 2.16. The van der Waals surface area contributed by atoms with Gasteiger partial charge < -0.3 is 9.73 Å². The van der Waals surface area contributed by atoms with Crippen LogP contribution < -0.4 is 10.9 Å². The van der Waals surface area contributed by atoms with E-state index in [9.17, 15) is 4.79 Å². The predicted molar refractivity (Wildman–Crippen MR) is 75.3 cm³/mol. The van der Waals surface area contributed by atoms with Crippen LogP contribution in [0.3, 0.4) is 0 Å². The van der Waals surface area contributed by atoms with Gasteiger partial charge in [-0.25, -0.2) is 4.79 Å². The molecule has 1 N–H and O–H groups in total. The average molecular weight is 266 g/mol. The number of rotatable bonds is 6. The number of fused-ring (bicyclic) bond motifs is 1. The lowest BCUT2D eigenvalue weighted by Crippen LogP contribution is -2.08. The van der Waals surface area contributed by atoms with Gasteiger partial charge in [0.15, 0.2) is 0 Å². The zero-order valence-electron chi connectivity index (χ0n) is 10.7. The zero-order valence-corrected chi connectivity index (χ0v) is 11.5. The van der Waals surface area contributed by atoms with E-state index >= 15 is 0 Å². The third-order valence-corrected chi connectivity index (χ3v) is 3.61. The quantitative estimate of drug-likeness (QED) is 0.813. The van der Waals surface area contributed by atoms with Gasteiger partial charge in [-0.15, -0.1) is 11.3 Å². The van der Waals surface area contributed by atoms with Crippen molar-refractivity contribution in [2.75, 3.05) is 11.9 Å². The van der Waals surface area contributed by atoms with Gasteiger partial charge in [0.05, 0.1) is 5.52 Å². The SMILES string of the molecule is CC(C)CCCCNc1nc2ccsc2c(=O)o1. The second-order valence-electron chi connectivity index (χ2n) is 4.76. The molecule has 5 heteroatoms. The Morgan fingerprint density at radius 1 is 1.44 bits per heavy atom. The van der Waals surface area contributed by atoms with Crippen molar-refractivity contribution in [2.45, 2.75) is 33.1 Å². The minimum atomic E-state index is -0.306. The molecule has 2 aromatic rings. The van der Waals surface area contributed by atoms with Gasteiger partial charge in [0.2, 0.25) is 0 Å². The first-order chi connectivity index (χ1) is 8.66. The Kier molecular flexibility index (Phi) is 4.36. The topological polar surface area (TPSA) is 55.1 Å². The van der Waals surface area contributed by atoms with Gasteiger partial charge in [0, 0.05) is 6.54 Å². The second kappa shape index (κ2) is 6.00. The van der Waals surface area contributed by atoms with Crippen molar-refractivity contribution in [2.24, 2.45) is 5.92 Å². The molecule has 0 saturated heterocycles. The van der Waals surface area contributed by atoms with Crippen LogP contribution in [0.15, 0.2) is 20.7 Å². The summed E-state index contributed by atoms with van der Waals surface area (Å²) >= 11 is 1.36. The number of nitrogens with one attached hydrogen (secondary N) is 1. The van der Waals surface area contributed by atoms with E-state index in [1.54, 1.807) is 0 Å². The van der Waals surface area contributed by atoms with E-state index < -0.39 is 0 Å². The number of nitrogens with zero attached hydrogens (tertiary/aromatic N) is 1. The molecule has 4 nitrogen and oxygen atoms in total. The van der Waals surface area contributed by atoms with E-state index in [-0.39, 0.29) is 5.63 Å². The normalized spacial score (nSPS) is 11.3. The van der Waals surface area contributed by atoms with Crippen molar-refractivity contribution in [3.05, 3.63) is 21.9 Å². The molecule has 0 unspecified atom stereocenters. The van der Waals surface area contributed by atoms with Gasteiger partial charge in [-0.1, -0.05) is 26.7 Å². The molecular formula is C13H18N2O2S. The highest BCUT2D eigenvalue weighted by Gasteiger charge is 2.06. The van der Waals surface area contributed by atoms with Crippen LogP contribution in [0, 0.1) is 5.92 Å². The molecule has 0 bridgehead atoms. The lowest BCUT2D eigenvalue weighted by atomic mass is 10.1. The summed E-state index contributed by atoms with van der Waals surface area (Å²) < 4.78 is 5.69. The van der Waals surface area contributed by atoms with Crippen LogP contribution in [-0.4, -0.2) is 11.5 Å². The summed E-state index contributed by atoms with van der Waals surface area (Å²) in [6.07, 6.45) is 3.46. The van der Waals surface area contributed by atoms with E-state index in [0.29, 0.717) is 16.2 Å². The standard InChI is InChI=1S/C13H18N2O2S/c1-9(2)5-3-4-7-14-13-15-10-6-8-18-11(10)12(16)17-13/h6,8-9H,3-5,7H2,1-2H3,(H,14,15). The molecule has 0 saturated carbocycles. The van der Waals surface area contributed by atoms with Crippen LogP contribution in [0.1, 0.15) is 33.1 Å². The summed E-state index contributed by atoms with van der Waals surface area (Å²) in [6.45, 7) is 5.23. The van der Waals surface area contributed by atoms with Gasteiger partial charge in [-0.2, -0.15) is 4.98 Å². The summed E-state index contributed by atoms with van der Waals surface area (Å²) in [7, 11) is 0. The molecule has 0 aliphatic rings. The largest absolute Gasteiger partial charge is 0.388 e. The van der Waals surface area contributed by atoms with Crippen molar-refractivity contribution in [1.82, 2.24) is 4.98 Å². The van der Waals surface area contributed by atoms with Crippen LogP contribution in [0.25, 0.3) is 10.2 Å². The number of unbranched alkanes of at least 4 members (excludes halogenated alkanes) is 1. The fourth-order valence-electron chi connectivity index (χ4n) is 1.76. The minimum Gasteiger partial charge on any atom is -0.388 e. The molecule has 0 aliphatic carbocycles. The van der Waals surface area contributed by atoms with Gasteiger partial charge >= 0.3 is 5.63 Å². The number of thiophene rings is 1. The first-order valence-corrected chi connectivity index (χ1v) is 7.17. The van der Waals surface area contributed by atoms with E-state index in [4.69, 9.17) is 4.42 Å². The maximum atomic E-state index is 11.6. The fourth-order valence-corrected chi connectivity index (χ4v) is 2.46. The molecule has 98 valence electrons. The Labute approximate surface area is 110 Å². The Morgan fingerprint density at radius 3 is 3.06 bits per heavy atom. The third-order valence-electron chi connectivity index (χ3n) is 2.73. The van der Waals surface area contributed by atoms with E-state index in [0.717, 1.165) is 18.9 Å². The van der Waals surface area contributed by atoms with Crippen molar-refractivity contribution in [3.8, 4) is 0 Å². The highest BCUT2D eigenvalue weighted by molar-refractivity contribution is 7.17. The highest BCUT2D eigenvalue weighted by atomic mass is 32.1. The van der Waals surface area contributed by atoms with Crippen LogP contribution in [0.2, 0.25) is 0 Å². The molecule has 2 heterocycles. The third kappa shape index (κ3) is 3.32. The first kappa shape index (κ1) is 13.1. The number of aromatic nitrogens is 1. The molecule has 2 aromatic heterocycles. The van der Waals surface area contributed by atoms with Crippen molar-refractivity contribution in [1.29, 1.82) is 0 Å². The zero-order chi connectivity index (χ0) is 13.0. The average Bonchev–Trinajstić information content (AvgIpc) is 2.77. The second-order valence-corrected chi connectivity index (χ2v) is 5.67. The maximum Gasteiger partial charge on any atom is 0.358 e. The van der Waals surface area contributed by atoms with Crippen LogP contribution in [-0.2, 0) is 0 Å². The summed E-state index contributed by atoms with van der Waals surface area (Å²) in [5.41, 5.74) is 0.403. The summed E-state index contributed by atoms with van der Waals surface area (Å²) in [4.78, 5) is 15.9. The molecule has 0 amide bonds. The van der Waals surface area contributed by atoms with Crippen molar-refractivity contribution < 1.29 is 4.42 Å². The predicted octanol–water partition coefficient (Wildman–Crippen LogP) is 3.49. The molecule has 2 rings (SSSR count). The molecule has 18 heavy (non-hydrogen) atoms. The monoisotopic (exact) mass is 266 g/mol. The molecule has 0 aliphatic heterocycles. The van der Waals surface area contributed by atoms with E-state index in [1.165, 1.54) is 24.2 Å². The Hall–Kier alpha value is -1.36. The summed E-state index contributed by atoms with van der Waals surface area (Å²) in [5.74, 6) is 0.739. The Bertz CT molecular complexity index is 559. The van der Waals surface area contributed by atoms with Crippen LogP contribution >= 0.6 is 11.3 Å². The number of hydrogen-bond donors (Lipinski definition) is 1. The number of anilines is 1. The first-order valence-electron chi connectivity index (χ1n) is 6.29. The molecule has 0 radical (unpaired) electrons. The Morgan fingerprint density at radius 2 is 2.28 bits per heavy atom. The van der Waals surface area contributed by atoms with Crippen LogP contribution in [0.5, 0.6) is 0 Å². The number of hydrogen-bond acceptors (Lipinski definition) is 5. The van der Waals surface area contributed by atoms with Crippen molar-refractivity contribution >= 4 is 27.6 Å². The molecule has 0 aromatic carbocycles. The fraction of sp³-hybridized carbons (Fsp3) is 0.538. The van der Waals surface area contributed by atoms with E-state index in [2.05, 4.69) is 24.1 Å². The lowest BCUT2D eigenvalue weighted by molar-refractivity contribution is 0.510. The van der Waals surface area contributed by atoms with Gasteiger partial charge in [0.25, 0.3) is 6.01 Å². The molecular weight excluding hydrogens is 248 g/mol. The van der Waals surface area contributed by atoms with Crippen LogP contribution in [0.4, 0.5) is 6.01 Å². The minimum absolute atomic E-state index is 0.306. The van der Waals surface area contributed by atoms with E-state index in [1.807, 2.05) is 11.4 Å². The van der Waals surface area contributed by atoms with Crippen molar-refractivity contribution in [3.63, 3.8) is 0 Å². The molecule has 0 spiro atoms. The van der Waals surface area contributed by atoms with Gasteiger partial charge in [0.1, 0.15) is 4.70 Å². The van der Waals surface area contributed by atoms with Gasteiger partial charge in [-0.05, 0) is 23.8 Å². The van der Waals surface area contributed by atoms with Gasteiger partial charge in [-0.3, -0.25) is 0 Å². The lowest BCUT2D eigenvalue weighted by Gasteiger charge is -2.05. The smallest absolute Gasteiger partial charge is 0.358 e. The maximum absolute atomic E-state index is 11.6. The summed E-state index contributed by atoms with van der Waals surface area (Å²) in [5, 5.41) is 4.92.